The number of rotatable bonds is 8. The van der Waals surface area contributed by atoms with Crippen LogP contribution in [0.3, 0.4) is 0 Å². The van der Waals surface area contributed by atoms with Crippen LogP contribution < -0.4 is 0 Å². The van der Waals surface area contributed by atoms with Crippen molar-refractivity contribution in [3.8, 4) is 0 Å². The Kier molecular flexibility index (Phi) is 9.22. The van der Waals surface area contributed by atoms with Gasteiger partial charge in [0, 0.05) is 33.6 Å². The lowest BCUT2D eigenvalue weighted by Gasteiger charge is -2.45. The van der Waals surface area contributed by atoms with Crippen molar-refractivity contribution in [3.05, 3.63) is 24.0 Å². The van der Waals surface area contributed by atoms with Crippen LogP contribution in [-0.2, 0) is 66.7 Å². The van der Waals surface area contributed by atoms with E-state index in [2.05, 4.69) is 0 Å². The number of esters is 5. The summed E-state index contributed by atoms with van der Waals surface area (Å²) in [5.41, 5.74) is 0.0843. The van der Waals surface area contributed by atoms with Crippen LogP contribution >= 0.6 is 0 Å². The number of carbonyl (C=O) groups is 6. The van der Waals surface area contributed by atoms with Gasteiger partial charge in [-0.25, -0.2) is 4.79 Å². The normalized spacial score (nSPS) is 31.7. The molecule has 208 valence electrons. The third kappa shape index (κ3) is 6.55. The van der Waals surface area contributed by atoms with Crippen LogP contribution in [0.25, 0.3) is 0 Å². The van der Waals surface area contributed by atoms with Crippen molar-refractivity contribution in [1.29, 1.82) is 0 Å². The van der Waals surface area contributed by atoms with E-state index in [1.165, 1.54) is 19.3 Å². The first-order valence-electron chi connectivity index (χ1n) is 11.5. The fraction of sp³-hybridized carbons (Fsp3) is 0.583. The molecule has 8 unspecified atom stereocenters. The van der Waals surface area contributed by atoms with Crippen LogP contribution in [0, 0.1) is 11.8 Å². The van der Waals surface area contributed by atoms with E-state index in [1.807, 2.05) is 0 Å². The molecule has 3 aliphatic rings. The minimum atomic E-state index is -1.57. The maximum atomic E-state index is 12.7. The smallest absolute Gasteiger partial charge is 0.337 e. The van der Waals surface area contributed by atoms with E-state index in [-0.39, 0.29) is 5.57 Å². The molecule has 0 bridgehead atoms. The lowest BCUT2D eigenvalue weighted by molar-refractivity contribution is -0.341. The maximum Gasteiger partial charge on any atom is 0.337 e. The Morgan fingerprint density at radius 3 is 2.03 bits per heavy atom. The zero-order valence-corrected chi connectivity index (χ0v) is 21.3. The second-order valence-electron chi connectivity index (χ2n) is 8.59. The third-order valence-electron chi connectivity index (χ3n) is 5.80. The summed E-state index contributed by atoms with van der Waals surface area (Å²) < 4.78 is 43.2. The quantitative estimate of drug-likeness (QED) is 0.294. The number of allylic oxidation sites excluding steroid dienone is 2. The van der Waals surface area contributed by atoms with E-state index in [4.69, 9.17) is 37.9 Å². The Labute approximate surface area is 217 Å². The van der Waals surface area contributed by atoms with E-state index >= 15 is 0 Å². The van der Waals surface area contributed by atoms with Gasteiger partial charge in [-0.1, -0.05) is 6.08 Å². The molecule has 0 aromatic carbocycles. The number of carbonyl (C=O) groups excluding carboxylic acids is 6. The summed E-state index contributed by atoms with van der Waals surface area (Å²) in [5.74, 6) is -5.98. The Bertz CT molecular complexity index is 1040. The number of hydrogen-bond donors (Lipinski definition) is 0. The van der Waals surface area contributed by atoms with E-state index in [1.54, 1.807) is 0 Å². The van der Waals surface area contributed by atoms with Crippen molar-refractivity contribution in [1.82, 2.24) is 0 Å². The number of hydrogen-bond acceptors (Lipinski definition) is 14. The van der Waals surface area contributed by atoms with Gasteiger partial charge in [0.25, 0.3) is 0 Å². The predicted molar refractivity (Wildman–Crippen MR) is 119 cm³/mol. The highest BCUT2D eigenvalue weighted by atomic mass is 16.8. The molecule has 2 aliphatic heterocycles. The Hall–Kier alpha value is -3.78. The van der Waals surface area contributed by atoms with Crippen molar-refractivity contribution in [3.63, 3.8) is 0 Å². The van der Waals surface area contributed by atoms with Gasteiger partial charge in [-0.15, -0.1) is 0 Å². The van der Waals surface area contributed by atoms with Crippen molar-refractivity contribution < 1.29 is 66.7 Å². The summed E-state index contributed by atoms with van der Waals surface area (Å²) in [5, 5.41) is 0. The average molecular weight is 540 g/mol. The highest BCUT2D eigenvalue weighted by Gasteiger charge is 2.55. The lowest BCUT2D eigenvalue weighted by atomic mass is 9.86. The van der Waals surface area contributed by atoms with Crippen molar-refractivity contribution in [2.45, 2.75) is 64.7 Å². The highest BCUT2D eigenvalue weighted by molar-refractivity contribution is 5.99. The van der Waals surface area contributed by atoms with Gasteiger partial charge in [0.1, 0.15) is 12.7 Å². The molecular formula is C24H28O14. The molecule has 1 aliphatic carbocycles. The van der Waals surface area contributed by atoms with Crippen LogP contribution in [0.5, 0.6) is 0 Å². The minimum absolute atomic E-state index is 0.0843. The van der Waals surface area contributed by atoms with Gasteiger partial charge in [0.15, 0.2) is 24.1 Å². The molecule has 8 atom stereocenters. The third-order valence-corrected chi connectivity index (χ3v) is 5.80. The van der Waals surface area contributed by atoms with Crippen LogP contribution in [0.4, 0.5) is 0 Å². The van der Waals surface area contributed by atoms with E-state index in [0.717, 1.165) is 34.0 Å². The molecule has 0 aromatic heterocycles. The average Bonchev–Trinajstić information content (AvgIpc) is 3.22. The first kappa shape index (κ1) is 28.8. The van der Waals surface area contributed by atoms with Crippen LogP contribution in [-0.4, -0.2) is 86.3 Å². The molecule has 0 aromatic rings. The standard InChI is InChI=1S/C24H28O14/c1-10(25)32-9-17-19(34-11(2)26)20(35-12(3)27)21(36-13(4)28)24(37-17)38-23-18-14(6-7-16(18)29)15(8-33-23)22(30)31-5/h6-8,14,17-21,23-24H,9H2,1-5H3. The summed E-state index contributed by atoms with van der Waals surface area (Å²) in [6.45, 7) is 3.94. The molecule has 0 amide bonds. The van der Waals surface area contributed by atoms with Gasteiger partial charge in [-0.3, -0.25) is 24.0 Å². The molecule has 1 fully saturated rings. The predicted octanol–water partition coefficient (Wildman–Crippen LogP) is -0.129. The number of methoxy groups -OCH3 is 1. The Balaban J connectivity index is 1.98. The van der Waals surface area contributed by atoms with Gasteiger partial charge in [-0.05, 0) is 6.08 Å². The minimum Gasteiger partial charge on any atom is -0.471 e. The van der Waals surface area contributed by atoms with E-state index in [0.29, 0.717) is 0 Å². The van der Waals surface area contributed by atoms with Crippen LogP contribution in [0.15, 0.2) is 24.0 Å². The fourth-order valence-corrected chi connectivity index (χ4v) is 4.36. The summed E-state index contributed by atoms with van der Waals surface area (Å²) in [7, 11) is 1.18. The highest BCUT2D eigenvalue weighted by Crippen LogP contribution is 2.40. The van der Waals surface area contributed by atoms with Gasteiger partial charge < -0.3 is 37.9 Å². The Morgan fingerprint density at radius 2 is 1.45 bits per heavy atom. The van der Waals surface area contributed by atoms with Gasteiger partial charge in [0.2, 0.25) is 12.6 Å². The van der Waals surface area contributed by atoms with E-state index in [9.17, 15) is 28.8 Å². The first-order chi connectivity index (χ1) is 17.9. The molecular weight excluding hydrogens is 512 g/mol. The van der Waals surface area contributed by atoms with Crippen LogP contribution in [0.1, 0.15) is 27.7 Å². The molecule has 14 heteroatoms. The molecule has 0 saturated carbocycles. The van der Waals surface area contributed by atoms with Crippen molar-refractivity contribution in [2.24, 2.45) is 11.8 Å². The summed E-state index contributed by atoms with van der Waals surface area (Å²) in [6, 6.07) is 0. The molecule has 1 saturated heterocycles. The Morgan fingerprint density at radius 1 is 0.842 bits per heavy atom. The van der Waals surface area contributed by atoms with Gasteiger partial charge in [-0.2, -0.15) is 0 Å². The lowest BCUT2D eigenvalue weighted by Crippen LogP contribution is -2.63. The van der Waals surface area contributed by atoms with Crippen molar-refractivity contribution >= 4 is 35.6 Å². The zero-order chi connectivity index (χ0) is 28.1. The first-order valence-corrected chi connectivity index (χ1v) is 11.5. The summed E-state index contributed by atoms with van der Waals surface area (Å²) in [6.07, 6.45) is -4.65. The van der Waals surface area contributed by atoms with Gasteiger partial charge >= 0.3 is 29.8 Å². The summed E-state index contributed by atoms with van der Waals surface area (Å²) >= 11 is 0. The van der Waals surface area contributed by atoms with Gasteiger partial charge in [0.05, 0.1) is 24.9 Å². The zero-order valence-electron chi connectivity index (χ0n) is 21.3. The molecule has 0 radical (unpaired) electrons. The molecule has 0 spiro atoms. The molecule has 2 heterocycles. The molecule has 0 N–H and O–H groups in total. The summed E-state index contributed by atoms with van der Waals surface area (Å²) in [4.78, 5) is 72.1. The largest absolute Gasteiger partial charge is 0.471 e. The van der Waals surface area contributed by atoms with E-state index < -0.39 is 91.1 Å². The second kappa shape index (κ2) is 12.2. The topological polar surface area (TPSA) is 176 Å². The second-order valence-corrected chi connectivity index (χ2v) is 8.59. The van der Waals surface area contributed by atoms with Crippen LogP contribution in [0.2, 0.25) is 0 Å². The SMILES string of the molecule is COC(=O)C1=COC(OC2OC(COC(C)=O)C(OC(C)=O)C(OC(C)=O)C2OC(C)=O)C2C(=O)C=CC12. The number of fused-ring (bicyclic) bond motifs is 1. The molecule has 38 heavy (non-hydrogen) atoms. The fourth-order valence-electron chi connectivity index (χ4n) is 4.36. The molecule has 14 nitrogen and oxygen atoms in total. The molecule has 3 rings (SSSR count). The van der Waals surface area contributed by atoms with Crippen molar-refractivity contribution in [2.75, 3.05) is 13.7 Å². The number of ketones is 1. The maximum absolute atomic E-state index is 12.7. The number of ether oxygens (including phenoxy) is 8. The monoisotopic (exact) mass is 540 g/mol.